The van der Waals surface area contributed by atoms with E-state index in [1.54, 1.807) is 12.3 Å². The third kappa shape index (κ3) is 7.50. The molecule has 8 nitrogen and oxygen atoms in total. The van der Waals surface area contributed by atoms with Gasteiger partial charge in [-0.15, -0.1) is 0 Å². The summed E-state index contributed by atoms with van der Waals surface area (Å²) in [6.07, 6.45) is 7.23. The number of hydrogen-bond acceptors (Lipinski definition) is 6. The molecule has 0 radical (unpaired) electrons. The topological polar surface area (TPSA) is 97.9 Å². The number of hydrogen-bond donors (Lipinski definition) is 1. The molecule has 66 heavy (non-hydrogen) atoms. The van der Waals surface area contributed by atoms with E-state index in [9.17, 15) is 0 Å². The van der Waals surface area contributed by atoms with Crippen molar-refractivity contribution in [2.24, 2.45) is 12.0 Å². The second-order valence-electron chi connectivity index (χ2n) is 15.6. The van der Waals surface area contributed by atoms with Crippen molar-refractivity contribution in [3.05, 3.63) is 212 Å². The molecule has 0 amide bonds. The number of pyridine rings is 1. The van der Waals surface area contributed by atoms with Crippen LogP contribution in [0, 0.1) is 5.41 Å². The molecule has 0 saturated heterocycles. The van der Waals surface area contributed by atoms with Crippen molar-refractivity contribution in [1.29, 1.82) is 5.41 Å². The molecule has 0 aliphatic carbocycles. The van der Waals surface area contributed by atoms with Crippen molar-refractivity contribution in [3.63, 3.8) is 0 Å². The van der Waals surface area contributed by atoms with Crippen LogP contribution in [0.5, 0.6) is 0 Å². The van der Waals surface area contributed by atoms with Crippen LogP contribution in [0.1, 0.15) is 25.0 Å². The van der Waals surface area contributed by atoms with Crippen LogP contribution in [-0.4, -0.2) is 36.5 Å². The number of nitrogens with one attached hydrogen (secondary N) is 1. The minimum Gasteiger partial charge on any atom is -0.456 e. The minimum absolute atomic E-state index is 0.432. The van der Waals surface area contributed by atoms with Gasteiger partial charge in [-0.3, -0.25) is 9.98 Å². The highest BCUT2D eigenvalue weighted by Gasteiger charge is 2.17. The maximum Gasteiger partial charge on any atom is 0.159 e. The fraction of sp³-hybridized carbons (Fsp3) is 0.0517. The molecule has 0 aliphatic rings. The van der Waals surface area contributed by atoms with Gasteiger partial charge in [0, 0.05) is 91.4 Å². The molecule has 7 aromatic carbocycles. The fourth-order valence-electron chi connectivity index (χ4n) is 8.79. The van der Waals surface area contributed by atoms with Crippen LogP contribution in [0.2, 0.25) is 0 Å². The Morgan fingerprint density at radius 2 is 1.23 bits per heavy atom. The van der Waals surface area contributed by atoms with Crippen LogP contribution in [-0.2, 0) is 7.05 Å². The van der Waals surface area contributed by atoms with Gasteiger partial charge in [-0.2, -0.15) is 0 Å². The Kier molecular flexibility index (Phi) is 11.1. The van der Waals surface area contributed by atoms with Crippen molar-refractivity contribution in [3.8, 4) is 28.3 Å². The molecule has 1 N–H and O–H groups in total. The average molecular weight is 856 g/mol. The molecule has 5 heterocycles. The second-order valence-corrected chi connectivity index (χ2v) is 15.6. The molecule has 5 aromatic heterocycles. The lowest BCUT2D eigenvalue weighted by atomic mass is 10.1. The van der Waals surface area contributed by atoms with E-state index < -0.39 is 0 Å². The quantitative estimate of drug-likeness (QED) is 0.161. The lowest BCUT2D eigenvalue weighted by Gasteiger charge is -2.10. The monoisotopic (exact) mass is 855 g/mol. The number of benzene rings is 7. The molecule has 8 heteroatoms. The van der Waals surface area contributed by atoms with Crippen LogP contribution in [0.3, 0.4) is 0 Å². The maximum absolute atomic E-state index is 8.05. The minimum atomic E-state index is 0.432. The van der Waals surface area contributed by atoms with Gasteiger partial charge in [-0.1, -0.05) is 123 Å². The van der Waals surface area contributed by atoms with Crippen LogP contribution >= 0.6 is 0 Å². The summed E-state index contributed by atoms with van der Waals surface area (Å²) in [6.45, 7) is 7.57. The first-order valence-electron chi connectivity index (χ1n) is 22.0. The van der Waals surface area contributed by atoms with E-state index >= 15 is 0 Å². The Morgan fingerprint density at radius 3 is 2.00 bits per heavy atom. The molecule has 12 rings (SSSR count). The van der Waals surface area contributed by atoms with Gasteiger partial charge in [0.05, 0.1) is 28.1 Å². The van der Waals surface area contributed by atoms with E-state index in [0.29, 0.717) is 17.2 Å². The molecule has 0 spiro atoms. The number of furan rings is 1. The molecular formula is C58H45N7O. The number of aromatic nitrogens is 5. The lowest BCUT2D eigenvalue weighted by Crippen LogP contribution is -1.95. The third-order valence-electron chi connectivity index (χ3n) is 11.9. The number of aliphatic imine (C=N–C) groups is 1. The zero-order valence-electron chi connectivity index (χ0n) is 36.9. The number of allylic oxidation sites excluding steroid dienone is 1. The Hall–Kier alpha value is -8.75. The Balaban J connectivity index is 0.000000216. The van der Waals surface area contributed by atoms with Crippen LogP contribution in [0.25, 0.3) is 99.6 Å². The summed E-state index contributed by atoms with van der Waals surface area (Å²) >= 11 is 0. The summed E-state index contributed by atoms with van der Waals surface area (Å²) < 4.78 is 10.7. The van der Waals surface area contributed by atoms with E-state index in [-0.39, 0.29) is 0 Å². The van der Waals surface area contributed by atoms with E-state index in [0.717, 1.165) is 66.6 Å². The van der Waals surface area contributed by atoms with Gasteiger partial charge in [0.25, 0.3) is 0 Å². The van der Waals surface area contributed by atoms with Gasteiger partial charge in [0.1, 0.15) is 11.2 Å². The standard InChI is InChI=1S/C40H25N5O.C16H14N2.C2H6/c1-44-34-8-4-2-7-28(34)30-20-25(11-14-35(30)44)40-42-19-16-33(43-40)24-10-13-29-27-6-3-5-9-36(27)45(37(29)21-24)26-12-15-38-31(22-26)32-23-41-18-17-39(32)46-38;1-18-16(14-10-6-3-7-11-14)12-15(17)13-8-4-2-5-9-13;1-2/h2-23H,1H3;2-12,17H,1H2;1-2H3/b;16-12-,17-15?;. The first-order valence-corrected chi connectivity index (χ1v) is 22.0. The smallest absolute Gasteiger partial charge is 0.159 e. The van der Waals surface area contributed by atoms with Gasteiger partial charge in [0.15, 0.2) is 5.82 Å². The maximum atomic E-state index is 8.05. The lowest BCUT2D eigenvalue weighted by molar-refractivity contribution is 0.668. The number of fused-ring (bicyclic) bond motifs is 9. The Bertz CT molecular complexity index is 3780. The normalized spacial score (nSPS) is 11.5. The fourth-order valence-corrected chi connectivity index (χ4v) is 8.79. The molecule has 0 unspecified atom stereocenters. The van der Waals surface area contributed by atoms with Crippen molar-refractivity contribution in [2.75, 3.05) is 0 Å². The van der Waals surface area contributed by atoms with Gasteiger partial charge >= 0.3 is 0 Å². The second kappa shape index (κ2) is 17.8. The van der Waals surface area contributed by atoms with Crippen molar-refractivity contribution in [1.82, 2.24) is 24.1 Å². The van der Waals surface area contributed by atoms with E-state index in [2.05, 4.69) is 136 Å². The van der Waals surface area contributed by atoms with E-state index in [1.807, 2.05) is 99.0 Å². The van der Waals surface area contributed by atoms with Gasteiger partial charge < -0.3 is 19.0 Å². The summed E-state index contributed by atoms with van der Waals surface area (Å²) in [5, 5.41) is 14.9. The van der Waals surface area contributed by atoms with Crippen LogP contribution in [0.4, 0.5) is 0 Å². The van der Waals surface area contributed by atoms with Gasteiger partial charge in [-0.25, -0.2) is 9.97 Å². The molecule has 0 atom stereocenters. The van der Waals surface area contributed by atoms with Crippen LogP contribution in [0.15, 0.2) is 210 Å². The number of nitrogens with zero attached hydrogens (tertiary/aromatic N) is 6. The number of rotatable bonds is 7. The molecule has 318 valence electrons. The summed E-state index contributed by atoms with van der Waals surface area (Å²) in [4.78, 5) is 18.1. The third-order valence-corrected chi connectivity index (χ3v) is 11.9. The SMILES string of the molecule is C=N/C(=C\C(=N)c1ccccc1)c1ccccc1.CC.Cn1c2ccccc2c2cc(-c3nccc(-c4ccc5c6ccccc6n(-c6ccc7oc8ccncc8c7c6)c5c4)n3)ccc21. The Labute approximate surface area is 382 Å². The molecule has 0 fully saturated rings. The predicted molar refractivity (Wildman–Crippen MR) is 275 cm³/mol. The summed E-state index contributed by atoms with van der Waals surface area (Å²) in [5.74, 6) is 0.707. The molecule has 0 saturated carbocycles. The zero-order valence-corrected chi connectivity index (χ0v) is 36.9. The number of para-hydroxylation sites is 2. The highest BCUT2D eigenvalue weighted by molar-refractivity contribution is 6.12. The highest BCUT2D eigenvalue weighted by Crippen LogP contribution is 2.37. The summed E-state index contributed by atoms with van der Waals surface area (Å²) in [5.41, 5.74) is 13.3. The molecular weight excluding hydrogens is 811 g/mol. The van der Waals surface area contributed by atoms with Gasteiger partial charge in [-0.05, 0) is 85.1 Å². The van der Waals surface area contributed by atoms with Gasteiger partial charge in [0.2, 0.25) is 0 Å². The molecule has 12 aromatic rings. The van der Waals surface area contributed by atoms with E-state index in [1.165, 1.54) is 32.6 Å². The molecule has 0 bridgehead atoms. The summed E-state index contributed by atoms with van der Waals surface area (Å²) in [7, 11) is 2.11. The first kappa shape index (κ1) is 41.3. The zero-order chi connectivity index (χ0) is 45.1. The number of aryl methyl sites for hydroxylation is 1. The average Bonchev–Trinajstić information content (AvgIpc) is 4.03. The van der Waals surface area contributed by atoms with Crippen LogP contribution < -0.4 is 0 Å². The van der Waals surface area contributed by atoms with E-state index in [4.69, 9.17) is 19.8 Å². The van der Waals surface area contributed by atoms with Crippen molar-refractivity contribution in [2.45, 2.75) is 13.8 Å². The first-order chi connectivity index (χ1) is 32.5. The summed E-state index contributed by atoms with van der Waals surface area (Å²) in [6, 6.07) is 59.8. The van der Waals surface area contributed by atoms with Crippen molar-refractivity contribution < 1.29 is 4.42 Å². The highest BCUT2D eigenvalue weighted by atomic mass is 16.3. The Morgan fingerprint density at radius 1 is 0.576 bits per heavy atom. The predicted octanol–water partition coefficient (Wildman–Crippen LogP) is 14.7. The largest absolute Gasteiger partial charge is 0.456 e. The molecule has 0 aliphatic heterocycles. The van der Waals surface area contributed by atoms with Crippen molar-refractivity contribution >= 4 is 83.7 Å².